The molecule has 4 rings (SSSR count). The van der Waals surface area contributed by atoms with Crippen molar-refractivity contribution in [3.05, 3.63) is 65.9 Å². The molecule has 10 heteroatoms. The van der Waals surface area contributed by atoms with Crippen molar-refractivity contribution in [2.75, 3.05) is 16.4 Å². The van der Waals surface area contributed by atoms with E-state index in [1.165, 1.54) is 18.7 Å². The first kappa shape index (κ1) is 20.9. The van der Waals surface area contributed by atoms with E-state index in [9.17, 15) is 9.59 Å². The van der Waals surface area contributed by atoms with Crippen LogP contribution in [-0.2, 0) is 16.1 Å². The van der Waals surface area contributed by atoms with Gasteiger partial charge in [0.1, 0.15) is 5.76 Å². The molecule has 0 radical (unpaired) electrons. The van der Waals surface area contributed by atoms with Crippen molar-refractivity contribution in [1.29, 1.82) is 0 Å². The highest BCUT2D eigenvalue weighted by molar-refractivity contribution is 7.99. The Labute approximate surface area is 186 Å². The second-order valence-electron chi connectivity index (χ2n) is 6.54. The molecule has 0 fully saturated rings. The zero-order valence-electron chi connectivity index (χ0n) is 16.6. The second kappa shape index (κ2) is 9.63. The number of benzene rings is 1. The molecule has 8 nitrogen and oxygen atoms in total. The Morgan fingerprint density at radius 1 is 1.06 bits per heavy atom. The number of nitrogens with one attached hydrogen (secondary N) is 2. The number of rotatable bonds is 8. The third-order valence-corrected chi connectivity index (χ3v) is 6.01. The molecule has 0 atom stereocenters. The first-order chi connectivity index (χ1) is 15.1. The van der Waals surface area contributed by atoms with E-state index >= 15 is 0 Å². The van der Waals surface area contributed by atoms with E-state index in [0.29, 0.717) is 23.1 Å². The highest BCUT2D eigenvalue weighted by atomic mass is 32.2. The lowest BCUT2D eigenvalue weighted by atomic mass is 10.3. The summed E-state index contributed by atoms with van der Waals surface area (Å²) in [6.07, 6.45) is 1.63. The molecule has 2 amide bonds. The number of anilines is 2. The maximum Gasteiger partial charge on any atom is 0.234 e. The Hall–Kier alpha value is -3.37. The fourth-order valence-electron chi connectivity index (χ4n) is 2.85. The van der Waals surface area contributed by atoms with E-state index in [0.717, 1.165) is 16.5 Å². The third kappa shape index (κ3) is 5.41. The summed E-state index contributed by atoms with van der Waals surface area (Å²) in [6, 6.07) is 14.6. The van der Waals surface area contributed by atoms with Crippen LogP contribution in [0.2, 0.25) is 0 Å². The van der Waals surface area contributed by atoms with Crippen molar-refractivity contribution in [2.24, 2.45) is 0 Å². The summed E-state index contributed by atoms with van der Waals surface area (Å²) in [7, 11) is 0. The monoisotopic (exact) mass is 453 g/mol. The Kier molecular flexibility index (Phi) is 6.48. The van der Waals surface area contributed by atoms with Crippen LogP contribution >= 0.6 is 23.1 Å². The van der Waals surface area contributed by atoms with Crippen LogP contribution in [0.5, 0.6) is 0 Å². The number of nitrogens with zero attached hydrogens (tertiary/aromatic N) is 3. The van der Waals surface area contributed by atoms with Gasteiger partial charge in [0.25, 0.3) is 0 Å². The second-order valence-corrected chi connectivity index (χ2v) is 8.43. The van der Waals surface area contributed by atoms with E-state index in [4.69, 9.17) is 4.42 Å². The molecular formula is C21H19N5O3S2. The number of hydrogen-bond acceptors (Lipinski definition) is 7. The van der Waals surface area contributed by atoms with Crippen molar-refractivity contribution >= 4 is 46.3 Å². The highest BCUT2D eigenvalue weighted by Gasteiger charge is 2.17. The largest absolute Gasteiger partial charge is 0.467 e. The van der Waals surface area contributed by atoms with Crippen LogP contribution < -0.4 is 10.6 Å². The van der Waals surface area contributed by atoms with E-state index in [2.05, 4.69) is 20.8 Å². The number of thioether (sulfide) groups is 1. The molecule has 3 aromatic heterocycles. The lowest BCUT2D eigenvalue weighted by molar-refractivity contribution is -0.114. The first-order valence-corrected chi connectivity index (χ1v) is 11.2. The molecular weight excluding hydrogens is 434 g/mol. The van der Waals surface area contributed by atoms with Crippen LogP contribution in [0.25, 0.3) is 10.7 Å². The zero-order valence-corrected chi connectivity index (χ0v) is 18.2. The molecule has 4 aromatic rings. The summed E-state index contributed by atoms with van der Waals surface area (Å²) in [4.78, 5) is 24.5. The van der Waals surface area contributed by atoms with Gasteiger partial charge in [0.05, 0.1) is 23.4 Å². The highest BCUT2D eigenvalue weighted by Crippen LogP contribution is 2.28. The number of carbonyl (C=O) groups is 2. The van der Waals surface area contributed by atoms with Gasteiger partial charge in [0.2, 0.25) is 11.8 Å². The van der Waals surface area contributed by atoms with Crippen LogP contribution in [0.4, 0.5) is 11.4 Å². The van der Waals surface area contributed by atoms with Crippen molar-refractivity contribution in [2.45, 2.75) is 18.6 Å². The minimum Gasteiger partial charge on any atom is -0.467 e. The summed E-state index contributed by atoms with van der Waals surface area (Å²) in [5.41, 5.74) is 1.32. The molecule has 0 spiro atoms. The van der Waals surface area contributed by atoms with E-state index in [1.807, 2.05) is 34.2 Å². The quantitative estimate of drug-likeness (QED) is 0.385. The van der Waals surface area contributed by atoms with Crippen LogP contribution in [0.15, 0.2) is 69.7 Å². The fourth-order valence-corrected chi connectivity index (χ4v) is 4.31. The lowest BCUT2D eigenvalue weighted by Gasteiger charge is -2.09. The minimum absolute atomic E-state index is 0.145. The lowest BCUT2D eigenvalue weighted by Crippen LogP contribution is -2.15. The average molecular weight is 454 g/mol. The summed E-state index contributed by atoms with van der Waals surface area (Å²) >= 11 is 2.89. The van der Waals surface area contributed by atoms with Gasteiger partial charge in [-0.3, -0.25) is 14.2 Å². The molecule has 0 aliphatic rings. The van der Waals surface area contributed by atoms with E-state index in [1.54, 1.807) is 41.9 Å². The molecule has 0 aliphatic carbocycles. The summed E-state index contributed by atoms with van der Waals surface area (Å²) in [5, 5.41) is 16.8. The molecule has 0 aliphatic heterocycles. The van der Waals surface area contributed by atoms with Gasteiger partial charge in [0.15, 0.2) is 11.0 Å². The number of amides is 2. The number of carbonyl (C=O) groups excluding carboxylic acids is 2. The normalized spacial score (nSPS) is 10.7. The van der Waals surface area contributed by atoms with Crippen molar-refractivity contribution in [3.8, 4) is 10.7 Å². The Morgan fingerprint density at radius 3 is 2.48 bits per heavy atom. The molecule has 158 valence electrons. The molecule has 2 N–H and O–H groups in total. The average Bonchev–Trinajstić information content (AvgIpc) is 3.50. The van der Waals surface area contributed by atoms with Gasteiger partial charge in [-0.2, -0.15) is 0 Å². The van der Waals surface area contributed by atoms with E-state index in [-0.39, 0.29) is 17.6 Å². The van der Waals surface area contributed by atoms with Gasteiger partial charge >= 0.3 is 0 Å². The van der Waals surface area contributed by atoms with Crippen molar-refractivity contribution in [3.63, 3.8) is 0 Å². The molecule has 0 unspecified atom stereocenters. The summed E-state index contributed by atoms with van der Waals surface area (Å²) in [5.74, 6) is 1.39. The standard InChI is InChI=1S/C21H19N5O3S2/c1-14(27)22-15-6-8-16(9-7-15)23-19(28)13-31-21-25-24-20(18-5-3-11-30-18)26(21)12-17-4-2-10-29-17/h2-11H,12-13H2,1H3,(H,22,27)(H,23,28). The van der Waals surface area contributed by atoms with Crippen LogP contribution in [0, 0.1) is 0 Å². The molecule has 0 saturated heterocycles. The van der Waals surface area contributed by atoms with Crippen molar-refractivity contribution in [1.82, 2.24) is 14.8 Å². The van der Waals surface area contributed by atoms with Gasteiger partial charge in [-0.05, 0) is 47.8 Å². The number of furan rings is 1. The Morgan fingerprint density at radius 2 is 1.84 bits per heavy atom. The third-order valence-electron chi connectivity index (χ3n) is 4.17. The molecule has 1 aromatic carbocycles. The number of aromatic nitrogens is 3. The van der Waals surface area contributed by atoms with Gasteiger partial charge in [0, 0.05) is 18.3 Å². The summed E-state index contributed by atoms with van der Waals surface area (Å²) in [6.45, 7) is 1.92. The van der Waals surface area contributed by atoms with Crippen LogP contribution in [0.1, 0.15) is 12.7 Å². The molecule has 0 bridgehead atoms. The van der Waals surface area contributed by atoms with Crippen LogP contribution in [0.3, 0.4) is 0 Å². The number of thiophene rings is 1. The molecule has 31 heavy (non-hydrogen) atoms. The first-order valence-electron chi connectivity index (χ1n) is 9.38. The predicted octanol–water partition coefficient (Wildman–Crippen LogP) is 4.34. The predicted molar refractivity (Wildman–Crippen MR) is 121 cm³/mol. The van der Waals surface area contributed by atoms with Gasteiger partial charge < -0.3 is 15.1 Å². The maximum atomic E-state index is 12.4. The zero-order chi connectivity index (χ0) is 21.6. The fraction of sp³-hybridized carbons (Fsp3) is 0.143. The number of hydrogen-bond donors (Lipinski definition) is 2. The topological polar surface area (TPSA) is 102 Å². The van der Waals surface area contributed by atoms with E-state index < -0.39 is 0 Å². The van der Waals surface area contributed by atoms with Gasteiger partial charge in [-0.15, -0.1) is 21.5 Å². The summed E-state index contributed by atoms with van der Waals surface area (Å²) < 4.78 is 7.43. The van der Waals surface area contributed by atoms with Crippen LogP contribution in [-0.4, -0.2) is 32.3 Å². The van der Waals surface area contributed by atoms with Gasteiger partial charge in [-0.1, -0.05) is 17.8 Å². The SMILES string of the molecule is CC(=O)Nc1ccc(NC(=O)CSc2nnc(-c3cccs3)n2Cc2ccco2)cc1. The van der Waals surface area contributed by atoms with Gasteiger partial charge in [-0.25, -0.2) is 0 Å². The van der Waals surface area contributed by atoms with Crippen molar-refractivity contribution < 1.29 is 14.0 Å². The molecule has 0 saturated carbocycles. The molecule has 3 heterocycles. The smallest absolute Gasteiger partial charge is 0.234 e. The maximum absolute atomic E-state index is 12.4. The Balaban J connectivity index is 1.43. The minimum atomic E-state index is -0.164. The Bertz CT molecular complexity index is 1150.